The summed E-state index contributed by atoms with van der Waals surface area (Å²) in [5.74, 6) is -0.0140. The summed E-state index contributed by atoms with van der Waals surface area (Å²) in [6, 6.07) is 11.4. The summed E-state index contributed by atoms with van der Waals surface area (Å²) in [5, 5.41) is 6.39. The van der Waals surface area contributed by atoms with Gasteiger partial charge in [0.2, 0.25) is 5.82 Å². The Bertz CT molecular complexity index is 1430. The zero-order chi connectivity index (χ0) is 20.3. The van der Waals surface area contributed by atoms with Gasteiger partial charge in [0.25, 0.3) is 11.7 Å². The number of hydrogen-bond acceptors (Lipinski definition) is 4. The van der Waals surface area contributed by atoms with Crippen LogP contribution >= 0.6 is 27.5 Å². The van der Waals surface area contributed by atoms with Crippen molar-refractivity contribution in [3.05, 3.63) is 69.7 Å². The molecule has 5 rings (SSSR count). The molecule has 0 amide bonds. The number of carbonyl (C=O) groups excluding carboxylic acids is 1. The summed E-state index contributed by atoms with van der Waals surface area (Å²) >= 11 is 9.62. The lowest BCUT2D eigenvalue weighted by molar-refractivity contribution is 0.0995. The summed E-state index contributed by atoms with van der Waals surface area (Å²) < 4.78 is 10.1. The van der Waals surface area contributed by atoms with Gasteiger partial charge in [-0.25, -0.2) is 0 Å². The van der Waals surface area contributed by atoms with Crippen molar-refractivity contribution in [2.24, 2.45) is 14.1 Å². The average molecular weight is 470 g/mol. The van der Waals surface area contributed by atoms with E-state index in [9.17, 15) is 4.79 Å². The van der Waals surface area contributed by atoms with E-state index in [0.29, 0.717) is 16.4 Å². The molecule has 0 fully saturated rings. The second-order valence-corrected chi connectivity index (χ2v) is 8.23. The van der Waals surface area contributed by atoms with Crippen LogP contribution in [0.25, 0.3) is 33.2 Å². The predicted molar refractivity (Wildman–Crippen MR) is 115 cm³/mol. The second-order valence-electron chi connectivity index (χ2n) is 6.88. The van der Waals surface area contributed by atoms with Crippen molar-refractivity contribution < 1.29 is 9.32 Å². The van der Waals surface area contributed by atoms with Crippen molar-refractivity contribution in [2.75, 3.05) is 0 Å². The van der Waals surface area contributed by atoms with Crippen molar-refractivity contribution >= 4 is 55.1 Å². The van der Waals surface area contributed by atoms with E-state index < -0.39 is 0 Å². The van der Waals surface area contributed by atoms with Gasteiger partial charge in [-0.1, -0.05) is 32.7 Å². The van der Waals surface area contributed by atoms with Gasteiger partial charge in [-0.15, -0.1) is 0 Å². The molecule has 3 heterocycles. The number of aromatic nitrogens is 4. The van der Waals surface area contributed by atoms with Gasteiger partial charge in [0.15, 0.2) is 0 Å². The van der Waals surface area contributed by atoms with Gasteiger partial charge >= 0.3 is 0 Å². The molecule has 8 heteroatoms. The molecule has 144 valence electrons. The summed E-state index contributed by atoms with van der Waals surface area (Å²) in [5.41, 5.74) is 3.20. The van der Waals surface area contributed by atoms with E-state index in [1.807, 2.05) is 65.8 Å². The van der Waals surface area contributed by atoms with Gasteiger partial charge in [0.1, 0.15) is 0 Å². The highest BCUT2D eigenvalue weighted by molar-refractivity contribution is 9.10. The molecular formula is C21H14BrClN4O2. The quantitative estimate of drug-likeness (QED) is 0.333. The standard InChI is InChI=1S/C21H14BrClN4O2/c1-26-9-15(13-7-11(22)3-5-17(13)26)19(28)21-24-20(25-29-21)16-10-27(2)18-6-4-12(23)8-14(16)18/h3-10H,1-2H3. The Morgan fingerprint density at radius 2 is 1.76 bits per heavy atom. The van der Waals surface area contributed by atoms with Crippen molar-refractivity contribution in [1.82, 2.24) is 19.3 Å². The van der Waals surface area contributed by atoms with Gasteiger partial charge < -0.3 is 13.7 Å². The SMILES string of the molecule is Cn1cc(C(=O)c2nc(-c3cn(C)c4ccc(Cl)cc34)no2)c2cc(Br)ccc21. The van der Waals surface area contributed by atoms with E-state index in [1.54, 1.807) is 6.20 Å². The van der Waals surface area contributed by atoms with E-state index in [4.69, 9.17) is 16.1 Å². The van der Waals surface area contributed by atoms with Gasteiger partial charge in [0, 0.05) is 63.4 Å². The number of aryl methyl sites for hydroxylation is 2. The fourth-order valence-corrected chi connectivity index (χ4v) is 4.16. The minimum absolute atomic E-state index is 0.0495. The van der Waals surface area contributed by atoms with Crippen LogP contribution in [-0.2, 0) is 14.1 Å². The minimum Gasteiger partial charge on any atom is -0.350 e. The van der Waals surface area contributed by atoms with Crippen LogP contribution in [0.5, 0.6) is 0 Å². The Morgan fingerprint density at radius 3 is 2.59 bits per heavy atom. The molecule has 0 radical (unpaired) electrons. The number of ketones is 1. The van der Waals surface area contributed by atoms with Crippen molar-refractivity contribution in [2.45, 2.75) is 0 Å². The molecule has 5 aromatic rings. The average Bonchev–Trinajstić information content (AvgIpc) is 3.38. The molecule has 0 spiro atoms. The zero-order valence-electron chi connectivity index (χ0n) is 15.5. The number of hydrogen-bond donors (Lipinski definition) is 0. The number of fused-ring (bicyclic) bond motifs is 2. The summed E-state index contributed by atoms with van der Waals surface area (Å²) in [6.45, 7) is 0. The van der Waals surface area contributed by atoms with E-state index in [0.717, 1.165) is 31.8 Å². The highest BCUT2D eigenvalue weighted by Crippen LogP contribution is 2.31. The first kappa shape index (κ1) is 18.1. The largest absolute Gasteiger partial charge is 0.350 e. The Balaban J connectivity index is 1.60. The molecule has 0 aliphatic rings. The zero-order valence-corrected chi connectivity index (χ0v) is 17.8. The number of carbonyl (C=O) groups is 1. The highest BCUT2D eigenvalue weighted by Gasteiger charge is 2.23. The molecule has 0 saturated heterocycles. The second kappa shape index (κ2) is 6.57. The molecule has 6 nitrogen and oxygen atoms in total. The van der Waals surface area contributed by atoms with E-state index in [2.05, 4.69) is 26.1 Å². The Labute approximate surface area is 178 Å². The summed E-state index contributed by atoms with van der Waals surface area (Å²) in [6.07, 6.45) is 3.68. The fraction of sp³-hybridized carbons (Fsp3) is 0.0952. The highest BCUT2D eigenvalue weighted by atomic mass is 79.9. The van der Waals surface area contributed by atoms with E-state index >= 15 is 0 Å². The van der Waals surface area contributed by atoms with Crippen LogP contribution in [0.15, 0.2) is 57.8 Å². The predicted octanol–water partition coefficient (Wildman–Crippen LogP) is 5.37. The van der Waals surface area contributed by atoms with Crippen LogP contribution in [0.4, 0.5) is 0 Å². The van der Waals surface area contributed by atoms with Crippen LogP contribution in [0.2, 0.25) is 5.02 Å². The van der Waals surface area contributed by atoms with Gasteiger partial charge in [-0.05, 0) is 36.4 Å². The molecule has 0 aliphatic carbocycles. The maximum atomic E-state index is 13.1. The summed E-state index contributed by atoms with van der Waals surface area (Å²) in [7, 11) is 3.83. The van der Waals surface area contributed by atoms with Gasteiger partial charge in [0.05, 0.1) is 5.56 Å². The minimum atomic E-state index is -0.314. The first-order chi connectivity index (χ1) is 13.9. The molecule has 0 bridgehead atoms. The molecule has 0 unspecified atom stereocenters. The van der Waals surface area contributed by atoms with Crippen LogP contribution in [-0.4, -0.2) is 25.1 Å². The molecule has 2 aromatic carbocycles. The number of nitrogens with zero attached hydrogens (tertiary/aromatic N) is 4. The molecule has 0 N–H and O–H groups in total. The van der Waals surface area contributed by atoms with Gasteiger partial charge in [-0.3, -0.25) is 4.79 Å². The first-order valence-corrected chi connectivity index (χ1v) is 9.97. The molecule has 0 saturated carbocycles. The Kier molecular flexibility index (Phi) is 4.11. The molecule has 29 heavy (non-hydrogen) atoms. The maximum Gasteiger partial charge on any atom is 0.299 e. The molecular weight excluding hydrogens is 456 g/mol. The Hall–Kier alpha value is -2.90. The number of rotatable bonds is 3. The fourth-order valence-electron chi connectivity index (χ4n) is 3.63. The topological polar surface area (TPSA) is 65.8 Å². The van der Waals surface area contributed by atoms with E-state index in [1.165, 1.54) is 0 Å². The van der Waals surface area contributed by atoms with Crippen LogP contribution in [0, 0.1) is 0 Å². The monoisotopic (exact) mass is 468 g/mol. The van der Waals surface area contributed by atoms with Gasteiger partial charge in [-0.2, -0.15) is 4.98 Å². The smallest absolute Gasteiger partial charge is 0.299 e. The van der Waals surface area contributed by atoms with Crippen LogP contribution in [0.1, 0.15) is 16.2 Å². The Morgan fingerprint density at radius 1 is 1.03 bits per heavy atom. The number of benzene rings is 2. The maximum absolute atomic E-state index is 13.1. The normalized spacial score (nSPS) is 11.6. The molecule has 3 aromatic heterocycles. The van der Waals surface area contributed by atoms with Crippen molar-refractivity contribution in [1.29, 1.82) is 0 Å². The first-order valence-electron chi connectivity index (χ1n) is 8.80. The van der Waals surface area contributed by atoms with Crippen LogP contribution in [0.3, 0.4) is 0 Å². The third kappa shape index (κ3) is 2.89. The van der Waals surface area contributed by atoms with Crippen molar-refractivity contribution in [3.8, 4) is 11.4 Å². The number of halogens is 2. The lowest BCUT2D eigenvalue weighted by atomic mass is 10.1. The van der Waals surface area contributed by atoms with Crippen molar-refractivity contribution in [3.63, 3.8) is 0 Å². The lowest BCUT2D eigenvalue weighted by Gasteiger charge is -1.96. The third-order valence-corrected chi connectivity index (χ3v) is 5.74. The lowest BCUT2D eigenvalue weighted by Crippen LogP contribution is -2.01. The van der Waals surface area contributed by atoms with Crippen LogP contribution < -0.4 is 0 Å². The molecule has 0 atom stereocenters. The third-order valence-electron chi connectivity index (χ3n) is 5.01. The summed E-state index contributed by atoms with van der Waals surface area (Å²) in [4.78, 5) is 17.5. The molecule has 0 aliphatic heterocycles. The van der Waals surface area contributed by atoms with E-state index in [-0.39, 0.29) is 11.7 Å².